The van der Waals surface area contributed by atoms with Gasteiger partial charge < -0.3 is 4.74 Å². The zero-order valence-electron chi connectivity index (χ0n) is 14.4. The lowest BCUT2D eigenvalue weighted by Gasteiger charge is -2.12. The minimum atomic E-state index is -4.46. The molecule has 2 heterocycles. The van der Waals surface area contributed by atoms with Crippen LogP contribution in [0.1, 0.15) is 19.4 Å². The maximum atomic E-state index is 13.1. The van der Waals surface area contributed by atoms with E-state index in [0.29, 0.717) is 17.9 Å². The number of thioether (sulfide) groups is 1. The highest BCUT2D eigenvalue weighted by molar-refractivity contribution is 7.99. The molecule has 2 aromatic heterocycles. The molecule has 0 saturated carbocycles. The Kier molecular flexibility index (Phi) is 5.52. The van der Waals surface area contributed by atoms with Crippen LogP contribution in [0.3, 0.4) is 0 Å². The van der Waals surface area contributed by atoms with Gasteiger partial charge in [-0.2, -0.15) is 13.2 Å². The van der Waals surface area contributed by atoms with Gasteiger partial charge in [-0.05, 0) is 24.8 Å². The summed E-state index contributed by atoms with van der Waals surface area (Å²) < 4.78 is 46.4. The van der Waals surface area contributed by atoms with Crippen LogP contribution in [0, 0.1) is 0 Å². The summed E-state index contributed by atoms with van der Waals surface area (Å²) in [5.41, 5.74) is 0.625. The summed E-state index contributed by atoms with van der Waals surface area (Å²) >= 11 is 1.65. The number of ether oxygens (including phenoxy) is 1. The summed E-state index contributed by atoms with van der Waals surface area (Å²) in [5.74, 6) is 1.43. The van der Waals surface area contributed by atoms with Gasteiger partial charge in [0.1, 0.15) is 12.6 Å². The van der Waals surface area contributed by atoms with Gasteiger partial charge in [0.15, 0.2) is 5.65 Å². The van der Waals surface area contributed by atoms with Gasteiger partial charge in [-0.1, -0.05) is 25.1 Å². The van der Waals surface area contributed by atoms with Gasteiger partial charge in [0, 0.05) is 23.3 Å². The monoisotopic (exact) mass is 381 g/mol. The molecular weight excluding hydrogens is 363 g/mol. The van der Waals surface area contributed by atoms with Crippen molar-refractivity contribution in [3.63, 3.8) is 0 Å². The molecule has 0 unspecified atom stereocenters. The van der Waals surface area contributed by atoms with Gasteiger partial charge >= 0.3 is 6.18 Å². The number of hydrogen-bond donors (Lipinski definition) is 0. The van der Waals surface area contributed by atoms with E-state index >= 15 is 0 Å². The fourth-order valence-electron chi connectivity index (χ4n) is 2.61. The number of pyridine rings is 1. The first-order valence-electron chi connectivity index (χ1n) is 8.19. The smallest absolute Gasteiger partial charge is 0.361 e. The van der Waals surface area contributed by atoms with Gasteiger partial charge in [0.2, 0.25) is 0 Å². The standard InChI is InChI=1S/C18H18F3N3OS/c1-3-25-11-24-14-9-12(18(19,20)21)10-22-16(14)23-17(24)13-7-5-6-8-15(13)26-4-2/h5-10H,3-4,11H2,1-2H3. The summed E-state index contributed by atoms with van der Waals surface area (Å²) in [6.45, 7) is 4.42. The van der Waals surface area contributed by atoms with Crippen molar-refractivity contribution < 1.29 is 17.9 Å². The molecule has 3 rings (SSSR count). The van der Waals surface area contributed by atoms with Crippen molar-refractivity contribution >= 4 is 22.9 Å². The molecule has 0 spiro atoms. The first-order valence-corrected chi connectivity index (χ1v) is 9.17. The number of rotatable bonds is 6. The Balaban J connectivity index is 2.22. The van der Waals surface area contributed by atoms with Crippen molar-refractivity contribution in [3.05, 3.63) is 42.1 Å². The zero-order chi connectivity index (χ0) is 18.7. The van der Waals surface area contributed by atoms with Crippen LogP contribution in [-0.2, 0) is 17.6 Å². The van der Waals surface area contributed by atoms with E-state index in [4.69, 9.17) is 4.74 Å². The maximum Gasteiger partial charge on any atom is 0.417 e. The number of nitrogens with zero attached hydrogens (tertiary/aromatic N) is 3. The zero-order valence-corrected chi connectivity index (χ0v) is 15.2. The highest BCUT2D eigenvalue weighted by Crippen LogP contribution is 2.35. The summed E-state index contributed by atoms with van der Waals surface area (Å²) in [5, 5.41) is 0. The second-order valence-electron chi connectivity index (χ2n) is 5.48. The summed E-state index contributed by atoms with van der Waals surface area (Å²) in [4.78, 5) is 9.43. The number of aromatic nitrogens is 3. The van der Waals surface area contributed by atoms with Crippen molar-refractivity contribution in [2.24, 2.45) is 0 Å². The molecule has 1 aromatic carbocycles. The molecule has 0 fully saturated rings. The Morgan fingerprint density at radius 3 is 2.65 bits per heavy atom. The maximum absolute atomic E-state index is 13.1. The minimum absolute atomic E-state index is 0.108. The third kappa shape index (κ3) is 3.71. The number of imidazole rings is 1. The molecule has 0 amide bonds. The second kappa shape index (κ2) is 7.67. The third-order valence-corrected chi connectivity index (χ3v) is 4.74. The van der Waals surface area contributed by atoms with Crippen molar-refractivity contribution in [3.8, 4) is 11.4 Å². The van der Waals surface area contributed by atoms with Gasteiger partial charge in [-0.3, -0.25) is 4.57 Å². The third-order valence-electron chi connectivity index (χ3n) is 3.79. The Morgan fingerprint density at radius 2 is 1.96 bits per heavy atom. The quantitative estimate of drug-likeness (QED) is 0.549. The van der Waals surface area contributed by atoms with E-state index in [1.54, 1.807) is 16.3 Å². The van der Waals surface area contributed by atoms with Crippen molar-refractivity contribution in [2.75, 3.05) is 12.4 Å². The van der Waals surface area contributed by atoms with Crippen LogP contribution in [0.15, 0.2) is 41.4 Å². The van der Waals surface area contributed by atoms with E-state index in [1.807, 2.05) is 38.1 Å². The molecule has 26 heavy (non-hydrogen) atoms. The molecule has 0 radical (unpaired) electrons. The van der Waals surface area contributed by atoms with Gasteiger partial charge in [0.05, 0.1) is 11.1 Å². The van der Waals surface area contributed by atoms with Crippen LogP contribution in [0.5, 0.6) is 0 Å². The second-order valence-corrected chi connectivity index (χ2v) is 6.78. The number of halogens is 3. The van der Waals surface area contributed by atoms with Crippen LogP contribution in [-0.4, -0.2) is 26.9 Å². The van der Waals surface area contributed by atoms with Gasteiger partial charge in [-0.15, -0.1) is 11.8 Å². The van der Waals surface area contributed by atoms with E-state index in [2.05, 4.69) is 9.97 Å². The molecule has 4 nitrogen and oxygen atoms in total. The van der Waals surface area contributed by atoms with Crippen LogP contribution in [0.2, 0.25) is 0 Å². The Morgan fingerprint density at radius 1 is 1.19 bits per heavy atom. The predicted molar refractivity (Wildman–Crippen MR) is 96.0 cm³/mol. The van der Waals surface area contributed by atoms with E-state index in [1.165, 1.54) is 0 Å². The number of benzene rings is 1. The average Bonchev–Trinajstić information content (AvgIpc) is 2.97. The Hall–Kier alpha value is -2.06. The molecule has 0 aliphatic heterocycles. The van der Waals surface area contributed by atoms with E-state index in [0.717, 1.165) is 28.5 Å². The largest absolute Gasteiger partial charge is 0.417 e. The normalized spacial score (nSPS) is 12.0. The van der Waals surface area contributed by atoms with E-state index in [9.17, 15) is 13.2 Å². The molecular formula is C18H18F3N3OS. The van der Waals surface area contributed by atoms with Crippen molar-refractivity contribution in [2.45, 2.75) is 31.7 Å². The summed E-state index contributed by atoms with van der Waals surface area (Å²) in [7, 11) is 0. The molecule has 8 heteroatoms. The van der Waals surface area contributed by atoms with E-state index in [-0.39, 0.29) is 12.4 Å². The Labute approximate surface area is 153 Å². The van der Waals surface area contributed by atoms with E-state index < -0.39 is 11.7 Å². The molecule has 0 saturated heterocycles. The highest BCUT2D eigenvalue weighted by Gasteiger charge is 2.32. The fourth-order valence-corrected chi connectivity index (χ4v) is 3.41. The van der Waals surface area contributed by atoms with Crippen molar-refractivity contribution in [1.82, 2.24) is 14.5 Å². The highest BCUT2D eigenvalue weighted by atomic mass is 32.2. The predicted octanol–water partition coefficient (Wildman–Crippen LogP) is 5.22. The van der Waals surface area contributed by atoms with Gasteiger partial charge in [-0.25, -0.2) is 9.97 Å². The Bertz CT molecular complexity index is 908. The number of hydrogen-bond acceptors (Lipinski definition) is 4. The molecule has 138 valence electrons. The number of fused-ring (bicyclic) bond motifs is 1. The molecule has 0 atom stereocenters. The van der Waals surface area contributed by atoms with Gasteiger partial charge in [0.25, 0.3) is 0 Å². The lowest BCUT2D eigenvalue weighted by Crippen LogP contribution is -2.08. The molecule has 0 bridgehead atoms. The molecule has 0 N–H and O–H groups in total. The van der Waals surface area contributed by atoms with Crippen molar-refractivity contribution in [1.29, 1.82) is 0 Å². The molecule has 0 aliphatic rings. The summed E-state index contributed by atoms with van der Waals surface area (Å²) in [6.07, 6.45) is -3.64. The average molecular weight is 381 g/mol. The lowest BCUT2D eigenvalue weighted by molar-refractivity contribution is -0.137. The first-order chi connectivity index (χ1) is 12.5. The number of alkyl halides is 3. The van der Waals surface area contributed by atoms with Crippen LogP contribution >= 0.6 is 11.8 Å². The lowest BCUT2D eigenvalue weighted by atomic mass is 10.2. The van der Waals surface area contributed by atoms with Crippen LogP contribution < -0.4 is 0 Å². The fraction of sp³-hybridized carbons (Fsp3) is 0.333. The summed E-state index contributed by atoms with van der Waals surface area (Å²) in [6, 6.07) is 8.77. The minimum Gasteiger partial charge on any atom is -0.361 e. The molecule has 3 aromatic rings. The SMILES string of the molecule is CCOCn1c(-c2ccccc2SCC)nc2ncc(C(F)(F)F)cc21. The topological polar surface area (TPSA) is 39.9 Å². The van der Waals surface area contributed by atoms with Crippen LogP contribution in [0.25, 0.3) is 22.6 Å². The molecule has 0 aliphatic carbocycles. The first kappa shape index (κ1) is 18.7. The van der Waals surface area contributed by atoms with Crippen LogP contribution in [0.4, 0.5) is 13.2 Å².